The Bertz CT molecular complexity index is 528. The number of benzene rings is 1. The third kappa shape index (κ3) is 2.71. The zero-order chi connectivity index (χ0) is 13.0. The van der Waals surface area contributed by atoms with Crippen LogP contribution in [-0.2, 0) is 0 Å². The minimum Gasteiger partial charge on any atom is -0.492 e. The standard InChI is InChI=1S/C13H14ClN3O/c1-3-18-12-5-4-9(6-11(12)14)10-7-16-13(15-2)17-8-10/h4-8H,3H2,1-2H3,(H,15,16,17). The van der Waals surface area contributed by atoms with Crippen LogP contribution in [0.2, 0.25) is 5.02 Å². The third-order valence-electron chi connectivity index (χ3n) is 2.44. The average molecular weight is 264 g/mol. The van der Waals surface area contributed by atoms with Gasteiger partial charge in [0.2, 0.25) is 5.95 Å². The van der Waals surface area contributed by atoms with Gasteiger partial charge < -0.3 is 10.1 Å². The van der Waals surface area contributed by atoms with Crippen LogP contribution in [-0.4, -0.2) is 23.6 Å². The number of aromatic nitrogens is 2. The predicted octanol–water partition coefficient (Wildman–Crippen LogP) is 3.24. The van der Waals surface area contributed by atoms with Crippen molar-refractivity contribution in [3.63, 3.8) is 0 Å². The van der Waals surface area contributed by atoms with Crippen LogP contribution in [0.25, 0.3) is 11.1 Å². The highest BCUT2D eigenvalue weighted by Gasteiger charge is 2.05. The van der Waals surface area contributed by atoms with Crippen LogP contribution in [0, 0.1) is 0 Å². The Kier molecular flexibility index (Phi) is 3.99. The fraction of sp³-hybridized carbons (Fsp3) is 0.231. The van der Waals surface area contributed by atoms with Crippen LogP contribution in [0.1, 0.15) is 6.92 Å². The Hall–Kier alpha value is -1.81. The molecular formula is C13H14ClN3O. The van der Waals surface area contributed by atoms with E-state index in [0.717, 1.165) is 11.1 Å². The van der Waals surface area contributed by atoms with E-state index in [1.54, 1.807) is 19.4 Å². The molecule has 0 radical (unpaired) electrons. The summed E-state index contributed by atoms with van der Waals surface area (Å²) in [5, 5.41) is 3.46. The number of hydrogen-bond donors (Lipinski definition) is 1. The van der Waals surface area contributed by atoms with Gasteiger partial charge in [-0.05, 0) is 24.6 Å². The van der Waals surface area contributed by atoms with Crippen molar-refractivity contribution in [2.45, 2.75) is 6.92 Å². The zero-order valence-electron chi connectivity index (χ0n) is 10.3. The first kappa shape index (κ1) is 12.6. The lowest BCUT2D eigenvalue weighted by molar-refractivity contribution is 0.340. The highest BCUT2D eigenvalue weighted by atomic mass is 35.5. The molecule has 0 amide bonds. The summed E-state index contributed by atoms with van der Waals surface area (Å²) in [7, 11) is 1.78. The van der Waals surface area contributed by atoms with Gasteiger partial charge in [0.25, 0.3) is 0 Å². The number of nitrogens with one attached hydrogen (secondary N) is 1. The van der Waals surface area contributed by atoms with Gasteiger partial charge in [0.1, 0.15) is 5.75 Å². The highest BCUT2D eigenvalue weighted by molar-refractivity contribution is 6.32. The molecule has 5 heteroatoms. The van der Waals surface area contributed by atoms with Crippen molar-refractivity contribution in [3.05, 3.63) is 35.6 Å². The summed E-state index contributed by atoms with van der Waals surface area (Å²) < 4.78 is 5.39. The molecule has 0 saturated carbocycles. The molecule has 1 heterocycles. The summed E-state index contributed by atoms with van der Waals surface area (Å²) >= 11 is 6.14. The normalized spacial score (nSPS) is 10.2. The van der Waals surface area contributed by atoms with E-state index in [2.05, 4.69) is 15.3 Å². The first-order chi connectivity index (χ1) is 8.74. The second-order valence-electron chi connectivity index (χ2n) is 3.62. The Balaban J connectivity index is 2.30. The lowest BCUT2D eigenvalue weighted by Gasteiger charge is -2.08. The minimum absolute atomic E-state index is 0.590. The van der Waals surface area contributed by atoms with Gasteiger partial charge in [0.05, 0.1) is 11.6 Å². The molecule has 0 fully saturated rings. The summed E-state index contributed by atoms with van der Waals surface area (Å²) in [5.74, 6) is 1.28. The highest BCUT2D eigenvalue weighted by Crippen LogP contribution is 2.29. The fourth-order valence-corrected chi connectivity index (χ4v) is 1.79. The molecule has 1 N–H and O–H groups in total. The Morgan fingerprint density at radius 1 is 1.22 bits per heavy atom. The van der Waals surface area contributed by atoms with Gasteiger partial charge in [0.15, 0.2) is 0 Å². The smallest absolute Gasteiger partial charge is 0.222 e. The molecule has 0 unspecified atom stereocenters. The Morgan fingerprint density at radius 2 is 1.94 bits per heavy atom. The lowest BCUT2D eigenvalue weighted by Crippen LogP contribution is -1.95. The first-order valence-electron chi connectivity index (χ1n) is 5.67. The quantitative estimate of drug-likeness (QED) is 0.920. The minimum atomic E-state index is 0.590. The lowest BCUT2D eigenvalue weighted by atomic mass is 10.1. The van der Waals surface area contributed by atoms with Gasteiger partial charge in [-0.2, -0.15) is 0 Å². The van der Waals surface area contributed by atoms with Crippen LogP contribution in [0.5, 0.6) is 5.75 Å². The van der Waals surface area contributed by atoms with E-state index in [4.69, 9.17) is 16.3 Å². The number of hydrogen-bond acceptors (Lipinski definition) is 4. The second-order valence-corrected chi connectivity index (χ2v) is 4.03. The van der Waals surface area contributed by atoms with Crippen LogP contribution in [0.3, 0.4) is 0 Å². The maximum absolute atomic E-state index is 6.14. The fourth-order valence-electron chi connectivity index (χ4n) is 1.56. The molecule has 4 nitrogen and oxygen atoms in total. The molecule has 2 aromatic rings. The predicted molar refractivity (Wildman–Crippen MR) is 73.2 cm³/mol. The zero-order valence-corrected chi connectivity index (χ0v) is 11.0. The molecule has 0 spiro atoms. The second kappa shape index (κ2) is 5.69. The van der Waals surface area contributed by atoms with E-state index in [0.29, 0.717) is 23.3 Å². The topological polar surface area (TPSA) is 47.0 Å². The molecule has 1 aromatic heterocycles. The first-order valence-corrected chi connectivity index (χ1v) is 6.05. The number of halogens is 1. The molecule has 0 bridgehead atoms. The molecule has 0 aliphatic carbocycles. The number of ether oxygens (including phenoxy) is 1. The summed E-state index contributed by atoms with van der Waals surface area (Å²) in [6, 6.07) is 5.64. The van der Waals surface area contributed by atoms with Gasteiger partial charge in [-0.3, -0.25) is 0 Å². The Labute approximate surface area is 111 Å². The largest absolute Gasteiger partial charge is 0.492 e. The van der Waals surface area contributed by atoms with Gasteiger partial charge in [-0.1, -0.05) is 17.7 Å². The Morgan fingerprint density at radius 3 is 2.50 bits per heavy atom. The van der Waals surface area contributed by atoms with Crippen molar-refractivity contribution in [2.24, 2.45) is 0 Å². The number of anilines is 1. The van der Waals surface area contributed by atoms with E-state index in [-0.39, 0.29) is 0 Å². The molecule has 1 aromatic carbocycles. The van der Waals surface area contributed by atoms with Gasteiger partial charge in [-0.25, -0.2) is 9.97 Å². The maximum Gasteiger partial charge on any atom is 0.222 e. The van der Waals surface area contributed by atoms with Crippen molar-refractivity contribution in [1.29, 1.82) is 0 Å². The van der Waals surface area contributed by atoms with E-state index in [1.165, 1.54) is 0 Å². The summed E-state index contributed by atoms with van der Waals surface area (Å²) in [5.41, 5.74) is 1.88. The SMILES string of the molecule is CCOc1ccc(-c2cnc(NC)nc2)cc1Cl. The van der Waals surface area contributed by atoms with Gasteiger partial charge in [-0.15, -0.1) is 0 Å². The van der Waals surface area contributed by atoms with Crippen LogP contribution >= 0.6 is 11.6 Å². The van der Waals surface area contributed by atoms with Crippen molar-refractivity contribution in [2.75, 3.05) is 19.0 Å². The molecule has 18 heavy (non-hydrogen) atoms. The van der Waals surface area contributed by atoms with Crippen molar-refractivity contribution >= 4 is 17.5 Å². The monoisotopic (exact) mass is 263 g/mol. The van der Waals surface area contributed by atoms with Crippen molar-refractivity contribution < 1.29 is 4.74 Å². The molecule has 0 aliphatic heterocycles. The molecule has 0 aliphatic rings. The van der Waals surface area contributed by atoms with E-state index >= 15 is 0 Å². The molecule has 0 saturated heterocycles. The van der Waals surface area contributed by atoms with Gasteiger partial charge in [0, 0.05) is 25.0 Å². The molecule has 94 valence electrons. The van der Waals surface area contributed by atoms with Gasteiger partial charge >= 0.3 is 0 Å². The molecule has 0 atom stereocenters. The number of rotatable bonds is 4. The van der Waals surface area contributed by atoms with Crippen LogP contribution in [0.15, 0.2) is 30.6 Å². The molecular weight excluding hydrogens is 250 g/mol. The molecule has 2 rings (SSSR count). The van der Waals surface area contributed by atoms with E-state index < -0.39 is 0 Å². The van der Waals surface area contributed by atoms with Crippen LogP contribution in [0.4, 0.5) is 5.95 Å². The summed E-state index contributed by atoms with van der Waals surface area (Å²) in [4.78, 5) is 8.33. The summed E-state index contributed by atoms with van der Waals surface area (Å²) in [6.45, 7) is 2.52. The average Bonchev–Trinajstić information content (AvgIpc) is 2.41. The number of nitrogens with zero attached hydrogens (tertiary/aromatic N) is 2. The van der Waals surface area contributed by atoms with Crippen molar-refractivity contribution in [3.8, 4) is 16.9 Å². The summed E-state index contributed by atoms with van der Waals surface area (Å²) in [6.07, 6.45) is 3.51. The third-order valence-corrected chi connectivity index (χ3v) is 2.74. The maximum atomic E-state index is 6.14. The van der Waals surface area contributed by atoms with Crippen molar-refractivity contribution in [1.82, 2.24) is 9.97 Å². The van der Waals surface area contributed by atoms with E-state index in [9.17, 15) is 0 Å². The van der Waals surface area contributed by atoms with E-state index in [1.807, 2.05) is 25.1 Å². The van der Waals surface area contributed by atoms with Crippen LogP contribution < -0.4 is 10.1 Å².